The van der Waals surface area contributed by atoms with Crippen molar-refractivity contribution in [1.82, 2.24) is 9.55 Å². The zero-order chi connectivity index (χ0) is 8.43. The van der Waals surface area contributed by atoms with Crippen molar-refractivity contribution in [3.63, 3.8) is 0 Å². The predicted molar refractivity (Wildman–Crippen MR) is 46.5 cm³/mol. The van der Waals surface area contributed by atoms with Crippen molar-refractivity contribution < 1.29 is 9.90 Å². The first-order valence-electron chi connectivity index (χ1n) is 3.33. The summed E-state index contributed by atoms with van der Waals surface area (Å²) in [7, 11) is 1.78. The fourth-order valence-electron chi connectivity index (χ4n) is 0.905. The molecule has 1 aromatic heterocycles. The van der Waals surface area contributed by atoms with Crippen molar-refractivity contribution in [3.05, 3.63) is 18.2 Å². The summed E-state index contributed by atoms with van der Waals surface area (Å²) in [6, 6.07) is 0. The number of imidazole rings is 1. The first kappa shape index (κ1) is 11.0. The van der Waals surface area contributed by atoms with Crippen LogP contribution in [0.5, 0.6) is 0 Å². The summed E-state index contributed by atoms with van der Waals surface area (Å²) in [6.45, 7) is 1.62. The van der Waals surface area contributed by atoms with Crippen LogP contribution >= 0.6 is 12.4 Å². The molecule has 0 saturated heterocycles. The molecule has 0 saturated carbocycles. The first-order valence-corrected chi connectivity index (χ1v) is 3.33. The van der Waals surface area contributed by atoms with E-state index in [-0.39, 0.29) is 12.4 Å². The highest BCUT2D eigenvalue weighted by Crippen LogP contribution is 2.10. The molecule has 12 heavy (non-hydrogen) atoms. The molecule has 5 heteroatoms. The van der Waals surface area contributed by atoms with E-state index in [1.165, 1.54) is 0 Å². The van der Waals surface area contributed by atoms with E-state index in [1.807, 2.05) is 0 Å². The Bertz CT molecular complexity index is 272. The summed E-state index contributed by atoms with van der Waals surface area (Å²) in [5.74, 6) is -0.799. The molecule has 0 amide bonds. The van der Waals surface area contributed by atoms with E-state index >= 15 is 0 Å². The molecule has 68 valence electrons. The van der Waals surface area contributed by atoms with Gasteiger partial charge in [-0.15, -0.1) is 12.4 Å². The Labute approximate surface area is 76.6 Å². The molecule has 0 spiro atoms. The van der Waals surface area contributed by atoms with Gasteiger partial charge in [0.25, 0.3) is 0 Å². The van der Waals surface area contributed by atoms with Gasteiger partial charge < -0.3 is 9.67 Å². The highest BCUT2D eigenvalue weighted by atomic mass is 35.5. The van der Waals surface area contributed by atoms with Crippen LogP contribution in [0.15, 0.2) is 12.4 Å². The molecule has 1 aromatic rings. The number of aliphatic carboxylic acids is 1. The number of carboxylic acids is 1. The number of aromatic nitrogens is 2. The Morgan fingerprint density at radius 1 is 1.75 bits per heavy atom. The molecular formula is C7H11ClN2O2. The summed E-state index contributed by atoms with van der Waals surface area (Å²) in [5.41, 5.74) is 0. The van der Waals surface area contributed by atoms with Crippen LogP contribution in [0.4, 0.5) is 0 Å². The largest absolute Gasteiger partial charge is 0.481 e. The number of aryl methyl sites for hydroxylation is 1. The van der Waals surface area contributed by atoms with E-state index in [4.69, 9.17) is 5.11 Å². The fourth-order valence-corrected chi connectivity index (χ4v) is 0.905. The number of rotatable bonds is 2. The third-order valence-electron chi connectivity index (χ3n) is 1.62. The maximum Gasteiger partial charge on any atom is 0.313 e. The van der Waals surface area contributed by atoms with Crippen molar-refractivity contribution in [2.45, 2.75) is 12.8 Å². The van der Waals surface area contributed by atoms with E-state index in [0.29, 0.717) is 5.82 Å². The Morgan fingerprint density at radius 3 is 2.67 bits per heavy atom. The lowest BCUT2D eigenvalue weighted by Crippen LogP contribution is -2.12. The average Bonchev–Trinajstić information content (AvgIpc) is 2.33. The standard InChI is InChI=1S/C7H10N2O2.ClH/c1-5(7(10)11)6-8-3-4-9(6)2;/h3-5H,1-2H3,(H,10,11);1H. The molecule has 1 N–H and O–H groups in total. The lowest BCUT2D eigenvalue weighted by molar-refractivity contribution is -0.138. The van der Waals surface area contributed by atoms with Crippen LogP contribution in [0, 0.1) is 0 Å². The van der Waals surface area contributed by atoms with Crippen molar-refractivity contribution in [2.24, 2.45) is 7.05 Å². The topological polar surface area (TPSA) is 55.1 Å². The number of carboxylic acid groups (broad SMARTS) is 1. The second-order valence-corrected chi connectivity index (χ2v) is 2.46. The predicted octanol–water partition coefficient (Wildman–Crippen LogP) is 1.03. The molecule has 4 nitrogen and oxygen atoms in total. The molecule has 1 heterocycles. The average molecular weight is 191 g/mol. The van der Waals surface area contributed by atoms with Crippen LogP contribution < -0.4 is 0 Å². The Morgan fingerprint density at radius 2 is 2.33 bits per heavy atom. The minimum absolute atomic E-state index is 0. The van der Waals surface area contributed by atoms with Gasteiger partial charge in [0.05, 0.1) is 0 Å². The monoisotopic (exact) mass is 190 g/mol. The number of hydrogen-bond acceptors (Lipinski definition) is 2. The highest BCUT2D eigenvalue weighted by Gasteiger charge is 2.16. The van der Waals surface area contributed by atoms with Gasteiger partial charge in [0.1, 0.15) is 11.7 Å². The van der Waals surface area contributed by atoms with Gasteiger partial charge in [0.15, 0.2) is 0 Å². The van der Waals surface area contributed by atoms with Crippen molar-refractivity contribution >= 4 is 18.4 Å². The van der Waals surface area contributed by atoms with Crippen LogP contribution in [0.1, 0.15) is 18.7 Å². The maximum absolute atomic E-state index is 10.5. The van der Waals surface area contributed by atoms with Gasteiger partial charge in [0, 0.05) is 19.4 Å². The number of halogens is 1. The zero-order valence-electron chi connectivity index (χ0n) is 6.89. The Kier molecular flexibility index (Phi) is 3.76. The molecule has 1 rings (SSSR count). The van der Waals surface area contributed by atoms with E-state index < -0.39 is 11.9 Å². The molecule has 0 aliphatic carbocycles. The minimum Gasteiger partial charge on any atom is -0.481 e. The van der Waals surface area contributed by atoms with E-state index in [0.717, 1.165) is 0 Å². The SMILES string of the molecule is CC(C(=O)O)c1nccn1C.Cl. The van der Waals surface area contributed by atoms with Crippen LogP contribution in [0.3, 0.4) is 0 Å². The molecule has 1 atom stereocenters. The van der Waals surface area contributed by atoms with Crippen LogP contribution in [-0.4, -0.2) is 20.6 Å². The summed E-state index contributed by atoms with van der Waals surface area (Å²) in [6.07, 6.45) is 3.32. The summed E-state index contributed by atoms with van der Waals surface area (Å²) in [4.78, 5) is 14.4. The fraction of sp³-hybridized carbons (Fsp3) is 0.429. The van der Waals surface area contributed by atoms with Gasteiger partial charge in [-0.2, -0.15) is 0 Å². The molecule has 0 bridgehead atoms. The number of nitrogens with zero attached hydrogens (tertiary/aromatic N) is 2. The van der Waals surface area contributed by atoms with Crippen LogP contribution in [0.2, 0.25) is 0 Å². The number of hydrogen-bond donors (Lipinski definition) is 1. The lowest BCUT2D eigenvalue weighted by Gasteiger charge is -2.04. The van der Waals surface area contributed by atoms with Gasteiger partial charge in [0.2, 0.25) is 0 Å². The summed E-state index contributed by atoms with van der Waals surface area (Å²) in [5, 5.41) is 8.62. The summed E-state index contributed by atoms with van der Waals surface area (Å²) >= 11 is 0. The smallest absolute Gasteiger partial charge is 0.313 e. The minimum atomic E-state index is -0.848. The van der Waals surface area contributed by atoms with Gasteiger partial charge in [-0.3, -0.25) is 4.79 Å². The first-order chi connectivity index (χ1) is 5.13. The van der Waals surface area contributed by atoms with E-state index in [2.05, 4.69) is 4.98 Å². The normalized spacial score (nSPS) is 11.8. The molecule has 0 fully saturated rings. The molecule has 0 radical (unpaired) electrons. The molecule has 0 aromatic carbocycles. The highest BCUT2D eigenvalue weighted by molar-refractivity contribution is 5.85. The third-order valence-corrected chi connectivity index (χ3v) is 1.62. The molecule has 0 aliphatic rings. The Hall–Kier alpha value is -1.03. The quantitative estimate of drug-likeness (QED) is 0.758. The van der Waals surface area contributed by atoms with E-state index in [1.54, 1.807) is 30.9 Å². The van der Waals surface area contributed by atoms with Crippen molar-refractivity contribution in [3.8, 4) is 0 Å². The molecule has 0 aliphatic heterocycles. The second-order valence-electron chi connectivity index (χ2n) is 2.46. The van der Waals surface area contributed by atoms with Gasteiger partial charge >= 0.3 is 5.97 Å². The van der Waals surface area contributed by atoms with Gasteiger partial charge in [-0.05, 0) is 6.92 Å². The van der Waals surface area contributed by atoms with Crippen molar-refractivity contribution in [1.29, 1.82) is 0 Å². The van der Waals surface area contributed by atoms with Crippen molar-refractivity contribution in [2.75, 3.05) is 0 Å². The van der Waals surface area contributed by atoms with Crippen LogP contribution in [0.25, 0.3) is 0 Å². The van der Waals surface area contributed by atoms with Gasteiger partial charge in [-0.1, -0.05) is 0 Å². The zero-order valence-corrected chi connectivity index (χ0v) is 7.71. The third kappa shape index (κ3) is 1.98. The maximum atomic E-state index is 10.5. The summed E-state index contributed by atoms with van der Waals surface area (Å²) < 4.78 is 1.71. The molecular weight excluding hydrogens is 180 g/mol. The van der Waals surface area contributed by atoms with Crippen LogP contribution in [-0.2, 0) is 11.8 Å². The number of carbonyl (C=O) groups is 1. The van der Waals surface area contributed by atoms with E-state index in [9.17, 15) is 4.79 Å². The second kappa shape index (κ2) is 4.11. The van der Waals surface area contributed by atoms with Gasteiger partial charge in [-0.25, -0.2) is 4.98 Å². The lowest BCUT2D eigenvalue weighted by atomic mass is 10.2. The Balaban J connectivity index is 0.00000121. The molecule has 1 unspecified atom stereocenters.